The third-order valence-electron chi connectivity index (χ3n) is 5.00. The van der Waals surface area contributed by atoms with Gasteiger partial charge in [-0.15, -0.1) is 0 Å². The Morgan fingerprint density at radius 2 is 1.96 bits per heavy atom. The summed E-state index contributed by atoms with van der Waals surface area (Å²) in [5.74, 6) is -0.192. The van der Waals surface area contributed by atoms with Crippen LogP contribution in [0.3, 0.4) is 0 Å². The summed E-state index contributed by atoms with van der Waals surface area (Å²) in [6.07, 6.45) is 6.02. The molecular formula is C21H34BNO3. The van der Waals surface area contributed by atoms with Crippen LogP contribution in [0.2, 0.25) is 0 Å². The summed E-state index contributed by atoms with van der Waals surface area (Å²) in [6.45, 7) is 10.1. The number of carbonyl (C=O) groups excluding carboxylic acids is 1. The smallest absolute Gasteiger partial charge is 0.407 e. The van der Waals surface area contributed by atoms with E-state index >= 15 is 0 Å². The molecule has 144 valence electrons. The third-order valence-corrected chi connectivity index (χ3v) is 5.00. The van der Waals surface area contributed by atoms with Gasteiger partial charge in [-0.05, 0) is 38.7 Å². The maximum atomic E-state index is 12.3. The van der Waals surface area contributed by atoms with Gasteiger partial charge in [0.2, 0.25) is 0 Å². The number of rotatable bonds is 10. The molecule has 1 aromatic carbocycles. The van der Waals surface area contributed by atoms with Gasteiger partial charge in [0.05, 0.1) is 5.94 Å². The van der Waals surface area contributed by atoms with Crippen LogP contribution in [0.5, 0.6) is 0 Å². The summed E-state index contributed by atoms with van der Waals surface area (Å²) in [4.78, 5) is 12.3. The molecule has 0 saturated heterocycles. The number of carbonyl (C=O) groups is 1. The van der Waals surface area contributed by atoms with Crippen molar-refractivity contribution in [1.29, 1.82) is 0 Å². The van der Waals surface area contributed by atoms with Gasteiger partial charge in [0.25, 0.3) is 7.48 Å². The van der Waals surface area contributed by atoms with E-state index in [0.29, 0.717) is 0 Å². The molecule has 0 saturated carbocycles. The van der Waals surface area contributed by atoms with Crippen LogP contribution in [-0.2, 0) is 4.74 Å². The maximum Gasteiger partial charge on any atom is 0.407 e. The van der Waals surface area contributed by atoms with Crippen molar-refractivity contribution < 1.29 is 14.6 Å². The van der Waals surface area contributed by atoms with Crippen LogP contribution in [0, 0.1) is 5.92 Å². The Bertz CT molecular complexity index is 572. The van der Waals surface area contributed by atoms with Crippen LogP contribution >= 0.6 is 0 Å². The summed E-state index contributed by atoms with van der Waals surface area (Å²) < 4.78 is 5.67. The molecule has 2 N–H and O–H groups in total. The number of ether oxygens (including phenoxy) is 1. The lowest BCUT2D eigenvalue weighted by Crippen LogP contribution is -2.45. The zero-order valence-electron chi connectivity index (χ0n) is 16.9. The van der Waals surface area contributed by atoms with E-state index in [1.807, 2.05) is 57.2 Å². The predicted octanol–water partition coefficient (Wildman–Crippen LogP) is 4.48. The first-order valence-electron chi connectivity index (χ1n) is 9.63. The molecule has 1 rings (SSSR count). The molecule has 0 aliphatic carbocycles. The Labute approximate surface area is 159 Å². The molecule has 26 heavy (non-hydrogen) atoms. The highest BCUT2D eigenvalue weighted by molar-refractivity contribution is 6.30. The van der Waals surface area contributed by atoms with E-state index in [1.54, 1.807) is 0 Å². The van der Waals surface area contributed by atoms with Crippen molar-refractivity contribution in [2.75, 3.05) is 0 Å². The number of hydrogen-bond donors (Lipinski definition) is 2. The number of benzene rings is 1. The standard InChI is InChI=1S/C21H34BNO3/c1-6-7-9-12-17(3)21(4,5)26-20(24)23-19(22-25)16(2)15-18-13-10-8-11-14-18/h8,10-11,13-15,17,19,22,25H,6-7,9,12H2,1-5H3,(H,23,24)/b16-15-. The molecule has 0 fully saturated rings. The molecule has 0 aliphatic heterocycles. The van der Waals surface area contributed by atoms with Gasteiger partial charge in [-0.25, -0.2) is 4.79 Å². The van der Waals surface area contributed by atoms with Crippen LogP contribution in [0.15, 0.2) is 35.9 Å². The highest BCUT2D eigenvalue weighted by Crippen LogP contribution is 2.26. The van der Waals surface area contributed by atoms with E-state index in [-0.39, 0.29) is 13.4 Å². The van der Waals surface area contributed by atoms with Crippen LogP contribution < -0.4 is 5.32 Å². The van der Waals surface area contributed by atoms with Gasteiger partial charge in [0, 0.05) is 0 Å². The summed E-state index contributed by atoms with van der Waals surface area (Å²) in [6, 6.07) is 9.83. The Kier molecular flexibility index (Phi) is 9.49. The highest BCUT2D eigenvalue weighted by atomic mass is 16.6. The van der Waals surface area contributed by atoms with Crippen molar-refractivity contribution in [2.45, 2.75) is 71.8 Å². The van der Waals surface area contributed by atoms with Crippen LogP contribution in [0.1, 0.15) is 65.9 Å². The fourth-order valence-corrected chi connectivity index (χ4v) is 2.78. The Balaban J connectivity index is 2.64. The average molecular weight is 359 g/mol. The first-order valence-corrected chi connectivity index (χ1v) is 9.63. The lowest BCUT2D eigenvalue weighted by molar-refractivity contribution is -0.00397. The van der Waals surface area contributed by atoms with Gasteiger partial charge in [-0.3, -0.25) is 0 Å². The maximum absolute atomic E-state index is 12.3. The summed E-state index contributed by atoms with van der Waals surface area (Å²) >= 11 is 0. The Morgan fingerprint density at radius 3 is 2.54 bits per heavy atom. The molecule has 0 spiro atoms. The molecule has 0 heterocycles. The normalized spacial score (nSPS) is 14.5. The van der Waals surface area contributed by atoms with Crippen molar-refractivity contribution >= 4 is 19.7 Å². The quantitative estimate of drug-likeness (QED) is 0.478. The van der Waals surface area contributed by atoms with Crippen molar-refractivity contribution in [1.82, 2.24) is 5.32 Å². The fourth-order valence-electron chi connectivity index (χ4n) is 2.78. The van der Waals surface area contributed by atoms with Gasteiger partial charge >= 0.3 is 6.09 Å². The largest absolute Gasteiger partial charge is 0.451 e. The van der Waals surface area contributed by atoms with E-state index < -0.39 is 17.6 Å². The highest BCUT2D eigenvalue weighted by Gasteiger charge is 2.30. The molecule has 1 amide bonds. The van der Waals surface area contributed by atoms with Crippen molar-refractivity contribution in [3.05, 3.63) is 41.5 Å². The topological polar surface area (TPSA) is 58.6 Å². The third kappa shape index (κ3) is 7.65. The molecule has 0 aromatic heterocycles. The minimum absolute atomic E-state index is 0.170. The van der Waals surface area contributed by atoms with E-state index in [9.17, 15) is 9.82 Å². The Morgan fingerprint density at radius 1 is 1.31 bits per heavy atom. The zero-order chi connectivity index (χ0) is 19.6. The molecular weight excluding hydrogens is 325 g/mol. The number of unbranched alkanes of at least 4 members (excludes halogenated alkanes) is 2. The predicted molar refractivity (Wildman–Crippen MR) is 110 cm³/mol. The lowest BCUT2D eigenvalue weighted by Gasteiger charge is -2.32. The molecule has 0 radical (unpaired) electrons. The first kappa shape index (κ1) is 22.3. The van der Waals surface area contributed by atoms with Crippen molar-refractivity contribution in [3.63, 3.8) is 0 Å². The number of nitrogens with one attached hydrogen (secondary N) is 1. The number of alkyl carbamates (subject to hydrolysis) is 1. The molecule has 2 unspecified atom stereocenters. The van der Waals surface area contributed by atoms with E-state index in [0.717, 1.165) is 24.0 Å². The van der Waals surface area contributed by atoms with Crippen LogP contribution in [0.4, 0.5) is 4.79 Å². The number of amides is 1. The Hall–Kier alpha value is -1.75. The second kappa shape index (κ2) is 11.1. The van der Waals surface area contributed by atoms with Crippen LogP contribution in [-0.4, -0.2) is 30.1 Å². The second-order valence-electron chi connectivity index (χ2n) is 7.57. The van der Waals surface area contributed by atoms with Gasteiger partial charge in [-0.1, -0.05) is 75.1 Å². The molecule has 1 aromatic rings. The van der Waals surface area contributed by atoms with E-state index in [1.165, 1.54) is 12.8 Å². The van der Waals surface area contributed by atoms with Crippen molar-refractivity contribution in [2.24, 2.45) is 5.92 Å². The summed E-state index contributed by atoms with van der Waals surface area (Å²) in [7, 11) is -0.170. The van der Waals surface area contributed by atoms with E-state index in [2.05, 4.69) is 19.2 Å². The monoisotopic (exact) mass is 359 g/mol. The first-order chi connectivity index (χ1) is 12.3. The molecule has 5 heteroatoms. The van der Waals surface area contributed by atoms with Gasteiger partial charge in [0.15, 0.2) is 0 Å². The number of hydrogen-bond acceptors (Lipinski definition) is 3. The average Bonchev–Trinajstić information content (AvgIpc) is 2.60. The summed E-state index contributed by atoms with van der Waals surface area (Å²) in [5, 5.41) is 12.4. The second-order valence-corrected chi connectivity index (χ2v) is 7.57. The SMILES string of the molecule is CCCCCC(C)C(C)(C)OC(=O)NC(BO)/C(C)=C\c1ccccc1. The van der Waals surface area contributed by atoms with Crippen molar-refractivity contribution in [3.8, 4) is 0 Å². The molecule has 0 aliphatic rings. The summed E-state index contributed by atoms with van der Waals surface area (Å²) in [5.41, 5.74) is 1.36. The molecule has 2 atom stereocenters. The lowest BCUT2D eigenvalue weighted by atomic mass is 9.82. The fraction of sp³-hybridized carbons (Fsp3) is 0.571. The molecule has 4 nitrogen and oxygen atoms in total. The van der Waals surface area contributed by atoms with Gasteiger partial charge in [-0.2, -0.15) is 0 Å². The van der Waals surface area contributed by atoms with E-state index in [4.69, 9.17) is 4.74 Å². The van der Waals surface area contributed by atoms with Crippen LogP contribution in [0.25, 0.3) is 6.08 Å². The zero-order valence-corrected chi connectivity index (χ0v) is 16.9. The minimum atomic E-state index is -0.547. The minimum Gasteiger partial charge on any atom is -0.451 e. The van der Waals surface area contributed by atoms with Gasteiger partial charge in [0.1, 0.15) is 5.60 Å². The van der Waals surface area contributed by atoms with Gasteiger partial charge < -0.3 is 15.1 Å². The molecule has 0 bridgehead atoms.